The van der Waals surface area contributed by atoms with Crippen LogP contribution in [0.4, 0.5) is 10.1 Å². The topological polar surface area (TPSA) is 61.4 Å². The van der Waals surface area contributed by atoms with Gasteiger partial charge in [0.15, 0.2) is 5.17 Å². The van der Waals surface area contributed by atoms with Crippen molar-refractivity contribution in [2.24, 2.45) is 4.99 Å². The van der Waals surface area contributed by atoms with E-state index in [9.17, 15) is 14.4 Å². The highest BCUT2D eigenvalue weighted by Gasteiger charge is 2.32. The van der Waals surface area contributed by atoms with E-state index >= 15 is 0 Å². The van der Waals surface area contributed by atoms with Gasteiger partial charge in [-0.15, -0.1) is 0 Å². The largest absolute Gasteiger partial charge is 0.342 e. The molecule has 0 N–H and O–H groups in total. The van der Waals surface area contributed by atoms with E-state index in [2.05, 4.69) is 15.6 Å². The summed E-state index contributed by atoms with van der Waals surface area (Å²) in [6.45, 7) is 2.93. The highest BCUT2D eigenvalue weighted by molar-refractivity contribution is 8.18. The zero-order chi connectivity index (χ0) is 24.4. The summed E-state index contributed by atoms with van der Waals surface area (Å²) in [5, 5.41) is 11.1. The Morgan fingerprint density at radius 3 is 2.57 bits per heavy atom. The van der Waals surface area contributed by atoms with Crippen LogP contribution in [-0.2, 0) is 11.3 Å². The molecule has 2 heterocycles. The summed E-state index contributed by atoms with van der Waals surface area (Å²) in [5.74, 6) is -0.434. The molecule has 35 heavy (non-hydrogen) atoms. The molecule has 172 valence electrons. The van der Waals surface area contributed by atoms with Gasteiger partial charge in [0, 0.05) is 35.8 Å². The van der Waals surface area contributed by atoms with Crippen molar-refractivity contribution in [3.05, 3.63) is 106 Å². The average molecular weight is 481 g/mol. The summed E-state index contributed by atoms with van der Waals surface area (Å²) in [5.41, 5.74) is 4.12. The van der Waals surface area contributed by atoms with Crippen molar-refractivity contribution in [2.45, 2.75) is 13.5 Å². The van der Waals surface area contributed by atoms with E-state index in [1.165, 1.54) is 23.9 Å². The molecule has 0 aliphatic carbocycles. The zero-order valence-electron chi connectivity index (χ0n) is 19.0. The van der Waals surface area contributed by atoms with Crippen molar-refractivity contribution < 1.29 is 9.18 Å². The van der Waals surface area contributed by atoms with E-state index in [1.54, 1.807) is 17.0 Å². The van der Waals surface area contributed by atoms with Crippen LogP contribution in [0.5, 0.6) is 0 Å². The lowest BCUT2D eigenvalue weighted by atomic mass is 10.1. The minimum absolute atomic E-state index is 0.106. The normalized spacial score (nSPS) is 15.9. The van der Waals surface area contributed by atoms with Crippen LogP contribution >= 0.6 is 11.8 Å². The van der Waals surface area contributed by atoms with Crippen LogP contribution in [0.25, 0.3) is 17.0 Å². The predicted octanol–water partition coefficient (Wildman–Crippen LogP) is 6.32. The summed E-state index contributed by atoms with van der Waals surface area (Å²) in [4.78, 5) is 19.9. The number of hydrogen-bond donors (Lipinski definition) is 0. The molecule has 5 rings (SSSR count). The van der Waals surface area contributed by atoms with E-state index in [4.69, 9.17) is 0 Å². The van der Waals surface area contributed by atoms with E-state index in [0.29, 0.717) is 34.4 Å². The van der Waals surface area contributed by atoms with Gasteiger partial charge in [-0.2, -0.15) is 5.26 Å². The summed E-state index contributed by atoms with van der Waals surface area (Å²) in [6, 6.07) is 23.7. The van der Waals surface area contributed by atoms with Crippen molar-refractivity contribution in [2.75, 3.05) is 6.54 Å². The number of benzene rings is 3. The molecule has 0 spiro atoms. The summed E-state index contributed by atoms with van der Waals surface area (Å²) in [7, 11) is 0. The molecule has 3 aromatic carbocycles. The Labute approximate surface area is 206 Å². The third kappa shape index (κ3) is 4.48. The first kappa shape index (κ1) is 22.6. The molecular weight excluding hydrogens is 459 g/mol. The van der Waals surface area contributed by atoms with Gasteiger partial charge in [-0.1, -0.05) is 36.4 Å². The number of carbonyl (C=O) groups is 1. The van der Waals surface area contributed by atoms with Crippen molar-refractivity contribution in [1.82, 2.24) is 9.47 Å². The zero-order valence-corrected chi connectivity index (χ0v) is 19.8. The number of fused-ring (bicyclic) bond motifs is 1. The van der Waals surface area contributed by atoms with Gasteiger partial charge in [0.25, 0.3) is 5.91 Å². The van der Waals surface area contributed by atoms with Gasteiger partial charge < -0.3 is 4.57 Å². The van der Waals surface area contributed by atoms with Crippen molar-refractivity contribution in [3.63, 3.8) is 0 Å². The fraction of sp³-hybridized carbons (Fsp3) is 0.107. The molecule has 0 saturated carbocycles. The van der Waals surface area contributed by atoms with Gasteiger partial charge in [0.2, 0.25) is 0 Å². The molecule has 1 fully saturated rings. The number of nitriles is 1. The molecular formula is C28H21FN4OS. The molecule has 1 aliphatic heterocycles. The number of amides is 1. The Bertz CT molecular complexity index is 1530. The van der Waals surface area contributed by atoms with Crippen LogP contribution in [0.15, 0.2) is 88.9 Å². The Hall–Kier alpha value is -4.15. The molecule has 0 atom stereocenters. The quantitative estimate of drug-likeness (QED) is 0.314. The minimum atomic E-state index is -0.328. The standard InChI is InChI=1S/C28H21FN4OS/c1-2-33-27(34)26(35-28(33)31-23-13-11-22(29)12-14-23)15-21-18-32(25-10-6-5-9-24(21)25)17-20-8-4-3-7-19(20)16-30/h3-15,18H,2,17H2,1H3/b26-15+,31-28?. The molecule has 4 aromatic rings. The van der Waals surface area contributed by atoms with Crippen LogP contribution in [0, 0.1) is 17.1 Å². The van der Waals surface area contributed by atoms with E-state index in [1.807, 2.05) is 67.7 Å². The van der Waals surface area contributed by atoms with Crippen molar-refractivity contribution in [3.8, 4) is 6.07 Å². The molecule has 1 amide bonds. The third-order valence-corrected chi connectivity index (χ3v) is 6.85. The number of aromatic nitrogens is 1. The number of carbonyl (C=O) groups excluding carboxylic acids is 1. The van der Waals surface area contributed by atoms with Gasteiger partial charge in [0.05, 0.1) is 22.2 Å². The Balaban J connectivity index is 1.53. The molecule has 0 bridgehead atoms. The van der Waals surface area contributed by atoms with Gasteiger partial charge in [0.1, 0.15) is 5.82 Å². The summed E-state index contributed by atoms with van der Waals surface area (Å²) in [6.07, 6.45) is 3.92. The van der Waals surface area contributed by atoms with Crippen LogP contribution in [-0.4, -0.2) is 27.1 Å². The molecule has 0 unspecified atom stereocenters. The summed E-state index contributed by atoms with van der Waals surface area (Å²) >= 11 is 1.31. The number of nitrogens with zero attached hydrogens (tertiary/aromatic N) is 4. The monoisotopic (exact) mass is 480 g/mol. The number of para-hydroxylation sites is 1. The van der Waals surface area contributed by atoms with E-state index in [0.717, 1.165) is 22.0 Å². The van der Waals surface area contributed by atoms with Gasteiger partial charge in [-0.25, -0.2) is 9.38 Å². The maximum Gasteiger partial charge on any atom is 0.266 e. The number of thioether (sulfide) groups is 1. The second kappa shape index (κ2) is 9.61. The Morgan fingerprint density at radius 2 is 1.80 bits per heavy atom. The van der Waals surface area contributed by atoms with E-state index < -0.39 is 0 Å². The molecule has 1 saturated heterocycles. The first-order valence-corrected chi connectivity index (χ1v) is 12.0. The number of rotatable bonds is 5. The Kier molecular flexibility index (Phi) is 6.21. The number of halogens is 1. The minimum Gasteiger partial charge on any atom is -0.342 e. The van der Waals surface area contributed by atoms with Gasteiger partial charge in [-0.05, 0) is 66.7 Å². The first-order chi connectivity index (χ1) is 17.1. The van der Waals surface area contributed by atoms with Gasteiger partial charge >= 0.3 is 0 Å². The highest BCUT2D eigenvalue weighted by Crippen LogP contribution is 2.35. The van der Waals surface area contributed by atoms with E-state index in [-0.39, 0.29) is 11.7 Å². The molecule has 7 heteroatoms. The van der Waals surface area contributed by atoms with Crippen molar-refractivity contribution in [1.29, 1.82) is 5.26 Å². The molecule has 5 nitrogen and oxygen atoms in total. The van der Waals surface area contributed by atoms with Crippen LogP contribution in [0.3, 0.4) is 0 Å². The maximum atomic E-state index is 13.3. The maximum absolute atomic E-state index is 13.3. The SMILES string of the molecule is CCN1C(=O)/C(=C\c2cn(Cc3ccccc3C#N)c3ccccc23)SC1=Nc1ccc(F)cc1. The third-order valence-electron chi connectivity index (χ3n) is 5.84. The lowest BCUT2D eigenvalue weighted by Crippen LogP contribution is -2.28. The average Bonchev–Trinajstić information content (AvgIpc) is 3.37. The smallest absolute Gasteiger partial charge is 0.266 e. The molecule has 0 radical (unpaired) electrons. The highest BCUT2D eigenvalue weighted by atomic mass is 32.2. The summed E-state index contributed by atoms with van der Waals surface area (Å²) < 4.78 is 15.4. The fourth-order valence-electron chi connectivity index (χ4n) is 4.11. The molecule has 1 aromatic heterocycles. The lowest BCUT2D eigenvalue weighted by Gasteiger charge is -2.11. The number of likely N-dealkylation sites (N-methyl/N-ethyl adjacent to an activating group) is 1. The first-order valence-electron chi connectivity index (χ1n) is 11.2. The fourth-order valence-corrected chi connectivity index (χ4v) is 5.16. The number of hydrogen-bond acceptors (Lipinski definition) is 4. The Morgan fingerprint density at radius 1 is 1.06 bits per heavy atom. The van der Waals surface area contributed by atoms with Gasteiger partial charge in [-0.3, -0.25) is 9.69 Å². The van der Waals surface area contributed by atoms with Crippen LogP contribution < -0.4 is 0 Å². The second-order valence-corrected chi connectivity index (χ2v) is 9.04. The predicted molar refractivity (Wildman–Crippen MR) is 139 cm³/mol. The number of amidine groups is 1. The lowest BCUT2D eigenvalue weighted by molar-refractivity contribution is -0.122. The van der Waals surface area contributed by atoms with Crippen LogP contribution in [0.2, 0.25) is 0 Å². The molecule has 1 aliphatic rings. The van der Waals surface area contributed by atoms with Crippen molar-refractivity contribution >= 4 is 45.5 Å². The van der Waals surface area contributed by atoms with Crippen LogP contribution in [0.1, 0.15) is 23.6 Å². The number of aliphatic imine (C=N–C) groups is 1. The second-order valence-electron chi connectivity index (χ2n) is 8.03.